The summed E-state index contributed by atoms with van der Waals surface area (Å²) in [5.41, 5.74) is 1.73. The molecule has 2 N–H and O–H groups in total. The van der Waals surface area contributed by atoms with Crippen molar-refractivity contribution in [3.8, 4) is 11.3 Å². The number of hydrogen-bond donors (Lipinski definition) is 2. The van der Waals surface area contributed by atoms with E-state index in [1.54, 1.807) is 17.3 Å². The van der Waals surface area contributed by atoms with Gasteiger partial charge in [-0.1, -0.05) is 0 Å². The van der Waals surface area contributed by atoms with Crippen molar-refractivity contribution in [2.45, 2.75) is 25.0 Å². The fourth-order valence-corrected chi connectivity index (χ4v) is 4.08. The van der Waals surface area contributed by atoms with Crippen LogP contribution in [0.3, 0.4) is 0 Å². The quantitative estimate of drug-likeness (QED) is 0.890. The van der Waals surface area contributed by atoms with Crippen molar-refractivity contribution in [1.82, 2.24) is 14.9 Å². The molecule has 0 aromatic carbocycles. The Morgan fingerprint density at radius 1 is 1.45 bits per heavy atom. The summed E-state index contributed by atoms with van der Waals surface area (Å²) in [6, 6.07) is 3.58. The van der Waals surface area contributed by atoms with Crippen molar-refractivity contribution in [2.75, 3.05) is 11.9 Å². The summed E-state index contributed by atoms with van der Waals surface area (Å²) in [6.45, 7) is 0.731. The number of urea groups is 1. The average molecular weight is 316 g/mol. The molecule has 2 fully saturated rings. The third-order valence-electron chi connectivity index (χ3n) is 4.39. The highest BCUT2D eigenvalue weighted by Crippen LogP contribution is 2.38. The number of carbonyl (C=O) groups is 1. The van der Waals surface area contributed by atoms with Crippen LogP contribution in [0.2, 0.25) is 0 Å². The van der Waals surface area contributed by atoms with Gasteiger partial charge in [0.25, 0.3) is 0 Å². The van der Waals surface area contributed by atoms with E-state index in [4.69, 9.17) is 0 Å². The van der Waals surface area contributed by atoms with Crippen LogP contribution < -0.4 is 5.32 Å². The smallest absolute Gasteiger partial charge is 0.323 e. The monoisotopic (exact) mass is 316 g/mol. The van der Waals surface area contributed by atoms with Crippen LogP contribution in [0.4, 0.5) is 9.93 Å². The summed E-state index contributed by atoms with van der Waals surface area (Å²) in [7, 11) is 0. The fraction of sp³-hybridized carbons (Fsp3) is 0.400. The Hall–Kier alpha value is -1.99. The van der Waals surface area contributed by atoms with Gasteiger partial charge < -0.3 is 10.0 Å². The molecule has 2 amide bonds. The maximum Gasteiger partial charge on any atom is 0.323 e. The molecule has 7 heteroatoms. The van der Waals surface area contributed by atoms with Crippen LogP contribution in [0.5, 0.6) is 0 Å². The van der Waals surface area contributed by atoms with Crippen LogP contribution in [0, 0.1) is 5.92 Å². The number of aromatic nitrogens is 2. The number of aliphatic hydroxyl groups excluding tert-OH is 1. The van der Waals surface area contributed by atoms with Crippen molar-refractivity contribution >= 4 is 22.5 Å². The number of rotatable bonds is 2. The van der Waals surface area contributed by atoms with Crippen molar-refractivity contribution in [3.63, 3.8) is 0 Å². The molecule has 1 aliphatic carbocycles. The van der Waals surface area contributed by atoms with Crippen molar-refractivity contribution in [2.24, 2.45) is 5.92 Å². The minimum Gasteiger partial charge on any atom is -0.391 e. The average Bonchev–Trinajstić information content (AvgIpc) is 3.23. The predicted octanol–water partition coefficient (Wildman–Crippen LogP) is 2.19. The number of aliphatic hydroxyl groups is 1. The Bertz CT molecular complexity index is 690. The zero-order valence-corrected chi connectivity index (χ0v) is 12.7. The van der Waals surface area contributed by atoms with E-state index in [2.05, 4.69) is 15.3 Å². The largest absolute Gasteiger partial charge is 0.391 e. The number of pyridine rings is 1. The van der Waals surface area contributed by atoms with Gasteiger partial charge in [-0.3, -0.25) is 10.3 Å². The number of fused-ring (bicyclic) bond motifs is 2. The van der Waals surface area contributed by atoms with E-state index >= 15 is 0 Å². The Kier molecular flexibility index (Phi) is 3.31. The minimum atomic E-state index is -0.383. The van der Waals surface area contributed by atoms with Crippen molar-refractivity contribution in [1.29, 1.82) is 0 Å². The van der Waals surface area contributed by atoms with Gasteiger partial charge in [-0.25, -0.2) is 9.78 Å². The highest BCUT2D eigenvalue weighted by molar-refractivity contribution is 7.14. The van der Waals surface area contributed by atoms with Crippen LogP contribution >= 0.6 is 11.3 Å². The van der Waals surface area contributed by atoms with Gasteiger partial charge in [-0.15, -0.1) is 11.3 Å². The summed E-state index contributed by atoms with van der Waals surface area (Å²) < 4.78 is 0. The molecule has 1 saturated heterocycles. The molecule has 0 unspecified atom stereocenters. The Labute approximate surface area is 131 Å². The van der Waals surface area contributed by atoms with Crippen molar-refractivity contribution in [3.05, 3.63) is 29.9 Å². The summed E-state index contributed by atoms with van der Waals surface area (Å²) in [6.07, 6.45) is 4.80. The molecule has 114 valence electrons. The summed E-state index contributed by atoms with van der Waals surface area (Å²) >= 11 is 1.39. The van der Waals surface area contributed by atoms with Crippen LogP contribution in [0.25, 0.3) is 11.3 Å². The standard InChI is InChI=1S/C15H16N4O2S/c20-13-5-9-4-12(13)19(7-9)15(21)18-14-17-11(8-22-14)10-2-1-3-16-6-10/h1-3,6,8-9,12-13,20H,4-5,7H2,(H,17,18,21)/t9-,12+,13+/m0/s1. The van der Waals surface area contributed by atoms with Gasteiger partial charge >= 0.3 is 6.03 Å². The Morgan fingerprint density at radius 3 is 3.09 bits per heavy atom. The molecular weight excluding hydrogens is 300 g/mol. The number of likely N-dealkylation sites (tertiary alicyclic amines) is 1. The lowest BCUT2D eigenvalue weighted by Gasteiger charge is -2.30. The van der Waals surface area contributed by atoms with Crippen LogP contribution in [-0.2, 0) is 0 Å². The molecule has 1 saturated carbocycles. The number of anilines is 1. The summed E-state index contributed by atoms with van der Waals surface area (Å²) in [5.74, 6) is 0.438. The molecule has 0 radical (unpaired) electrons. The minimum absolute atomic E-state index is 0.0391. The first-order valence-electron chi connectivity index (χ1n) is 7.32. The van der Waals surface area contributed by atoms with Crippen LogP contribution in [0.15, 0.2) is 29.9 Å². The number of carbonyl (C=O) groups excluding carboxylic acids is 1. The lowest BCUT2D eigenvalue weighted by atomic mass is 10.1. The van der Waals surface area contributed by atoms with E-state index in [1.165, 1.54) is 11.3 Å². The molecule has 1 aliphatic heterocycles. The van der Waals surface area contributed by atoms with Crippen molar-refractivity contribution < 1.29 is 9.90 Å². The predicted molar refractivity (Wildman–Crippen MR) is 83.6 cm³/mol. The SMILES string of the molecule is O=C(Nc1nc(-c2cccnc2)cs1)N1C[C@@H]2C[C@@H](O)[C@H]1C2. The number of nitrogens with zero attached hydrogens (tertiary/aromatic N) is 3. The number of nitrogens with one attached hydrogen (secondary N) is 1. The second-order valence-corrected chi connectivity index (χ2v) is 6.69. The lowest BCUT2D eigenvalue weighted by molar-refractivity contribution is 0.0766. The van der Waals surface area contributed by atoms with Crippen LogP contribution in [-0.4, -0.2) is 44.7 Å². The zero-order valence-electron chi connectivity index (χ0n) is 11.8. The Morgan fingerprint density at radius 2 is 2.36 bits per heavy atom. The first-order chi connectivity index (χ1) is 10.7. The topological polar surface area (TPSA) is 78.4 Å². The molecule has 2 aromatic rings. The molecule has 2 aliphatic rings. The molecule has 22 heavy (non-hydrogen) atoms. The lowest BCUT2D eigenvalue weighted by Crippen LogP contribution is -2.46. The van der Waals surface area contributed by atoms with E-state index in [0.717, 1.165) is 30.6 Å². The second kappa shape index (κ2) is 5.33. The van der Waals surface area contributed by atoms with Gasteiger partial charge in [-0.05, 0) is 30.9 Å². The van der Waals surface area contributed by atoms with Gasteiger partial charge in [0.05, 0.1) is 17.8 Å². The Balaban J connectivity index is 1.46. The molecule has 4 rings (SSSR count). The van der Waals surface area contributed by atoms with Gasteiger partial charge in [0.1, 0.15) is 0 Å². The molecule has 2 aromatic heterocycles. The highest BCUT2D eigenvalue weighted by Gasteiger charge is 2.46. The second-order valence-electron chi connectivity index (χ2n) is 5.83. The van der Waals surface area contributed by atoms with Gasteiger partial charge in [0.2, 0.25) is 0 Å². The summed E-state index contributed by atoms with van der Waals surface area (Å²) in [4.78, 5) is 22.6. The van der Waals surface area contributed by atoms with E-state index in [1.807, 2.05) is 17.5 Å². The molecule has 3 heterocycles. The van der Waals surface area contributed by atoms with E-state index in [0.29, 0.717) is 11.0 Å². The number of thiazole rings is 1. The molecule has 6 nitrogen and oxygen atoms in total. The third kappa shape index (κ3) is 2.36. The zero-order chi connectivity index (χ0) is 15.1. The van der Waals surface area contributed by atoms with Gasteiger partial charge in [0.15, 0.2) is 5.13 Å². The van der Waals surface area contributed by atoms with E-state index in [-0.39, 0.29) is 18.2 Å². The third-order valence-corrected chi connectivity index (χ3v) is 5.14. The van der Waals surface area contributed by atoms with Gasteiger partial charge in [-0.2, -0.15) is 0 Å². The van der Waals surface area contributed by atoms with Crippen LogP contribution in [0.1, 0.15) is 12.8 Å². The first-order valence-corrected chi connectivity index (χ1v) is 8.20. The van der Waals surface area contributed by atoms with E-state index < -0.39 is 0 Å². The van der Waals surface area contributed by atoms with E-state index in [9.17, 15) is 9.90 Å². The first kappa shape index (κ1) is 13.7. The maximum absolute atomic E-state index is 12.4. The summed E-state index contributed by atoms with van der Waals surface area (Å²) in [5, 5.41) is 15.2. The maximum atomic E-state index is 12.4. The molecular formula is C15H16N4O2S. The molecule has 2 bridgehead atoms. The molecule has 3 atom stereocenters. The number of piperidine rings is 1. The molecule has 0 spiro atoms. The highest BCUT2D eigenvalue weighted by atomic mass is 32.1. The number of hydrogen-bond acceptors (Lipinski definition) is 5. The normalized spacial score (nSPS) is 26.4. The number of amides is 2. The fourth-order valence-electron chi connectivity index (χ4n) is 3.37. The van der Waals surface area contributed by atoms with Gasteiger partial charge in [0, 0.05) is 29.9 Å².